The maximum absolute atomic E-state index is 11.8. The number of carbonyl (C=O) groups is 1. The molecule has 1 amide bonds. The second-order valence-corrected chi connectivity index (χ2v) is 4.32. The van der Waals surface area contributed by atoms with E-state index in [2.05, 4.69) is 10.3 Å². The van der Waals surface area contributed by atoms with Gasteiger partial charge in [0.25, 0.3) is 0 Å². The van der Waals surface area contributed by atoms with Crippen LogP contribution in [0.25, 0.3) is 0 Å². The highest BCUT2D eigenvalue weighted by atomic mass is 16.6. The molecule has 1 aromatic heterocycles. The number of carbonyl (C=O) groups excluding carboxylic acids is 1. The van der Waals surface area contributed by atoms with Crippen LogP contribution in [0.15, 0.2) is 12.3 Å². The molecule has 0 unspecified atom stereocenters. The first kappa shape index (κ1) is 15.9. The minimum absolute atomic E-state index is 0.0257. The molecule has 0 saturated heterocycles. The molecule has 1 aromatic rings. The van der Waals surface area contributed by atoms with E-state index in [1.165, 1.54) is 6.20 Å². The number of pyridine rings is 1. The summed E-state index contributed by atoms with van der Waals surface area (Å²) in [6.45, 7) is 7.15. The van der Waals surface area contributed by atoms with Gasteiger partial charge in [0.2, 0.25) is 11.7 Å². The number of nitrogens with one attached hydrogen (secondary N) is 1. The van der Waals surface area contributed by atoms with E-state index in [9.17, 15) is 14.9 Å². The first-order chi connectivity index (χ1) is 9.51. The third kappa shape index (κ3) is 3.91. The number of rotatable bonds is 7. The van der Waals surface area contributed by atoms with Gasteiger partial charge in [-0.15, -0.1) is 0 Å². The van der Waals surface area contributed by atoms with Gasteiger partial charge in [-0.3, -0.25) is 14.9 Å². The van der Waals surface area contributed by atoms with Crippen LogP contribution in [0, 0.1) is 17.0 Å². The molecule has 0 saturated carbocycles. The molecule has 0 atom stereocenters. The van der Waals surface area contributed by atoms with Crippen LogP contribution < -0.4 is 5.32 Å². The molecular weight excluding hydrogens is 260 g/mol. The molecule has 110 valence electrons. The van der Waals surface area contributed by atoms with E-state index >= 15 is 0 Å². The maximum atomic E-state index is 11.8. The molecule has 7 heteroatoms. The molecule has 0 bridgehead atoms. The largest absolute Gasteiger partial charge is 0.364 e. The Morgan fingerprint density at radius 3 is 2.65 bits per heavy atom. The molecule has 0 aliphatic heterocycles. The first-order valence-electron chi connectivity index (χ1n) is 6.62. The molecule has 0 aliphatic carbocycles. The highest BCUT2D eigenvalue weighted by molar-refractivity contribution is 5.76. The standard InChI is InChI=1S/C13H20N4O3/c1-4-16(5-2)11(18)7-9-15-13-12(17(19)20)10(3)6-8-14-13/h6,8H,4-5,7,9H2,1-3H3,(H,14,15). The first-order valence-corrected chi connectivity index (χ1v) is 6.62. The lowest BCUT2D eigenvalue weighted by atomic mass is 10.2. The maximum Gasteiger partial charge on any atom is 0.314 e. The molecule has 0 aromatic carbocycles. The quantitative estimate of drug-likeness (QED) is 0.609. The van der Waals surface area contributed by atoms with Crippen molar-refractivity contribution in [3.8, 4) is 0 Å². The Labute approximate surface area is 118 Å². The van der Waals surface area contributed by atoms with Gasteiger partial charge in [0.1, 0.15) is 0 Å². The van der Waals surface area contributed by atoms with Crippen LogP contribution in [-0.2, 0) is 4.79 Å². The third-order valence-electron chi connectivity index (χ3n) is 3.06. The SMILES string of the molecule is CCN(CC)C(=O)CCNc1nccc(C)c1[N+](=O)[O-]. The van der Waals surface area contributed by atoms with Crippen molar-refractivity contribution in [2.45, 2.75) is 27.2 Å². The molecule has 0 radical (unpaired) electrons. The Morgan fingerprint density at radius 1 is 1.45 bits per heavy atom. The van der Waals surface area contributed by atoms with E-state index in [-0.39, 0.29) is 23.8 Å². The molecule has 7 nitrogen and oxygen atoms in total. The van der Waals surface area contributed by atoms with E-state index in [0.29, 0.717) is 25.2 Å². The van der Waals surface area contributed by atoms with E-state index in [0.717, 1.165) is 0 Å². The van der Waals surface area contributed by atoms with Crippen molar-refractivity contribution in [3.63, 3.8) is 0 Å². The van der Waals surface area contributed by atoms with E-state index in [1.807, 2.05) is 13.8 Å². The molecule has 1 heterocycles. The second kappa shape index (κ2) is 7.42. The lowest BCUT2D eigenvalue weighted by molar-refractivity contribution is -0.384. The number of amides is 1. The van der Waals surface area contributed by atoms with E-state index in [1.54, 1.807) is 17.9 Å². The number of aryl methyl sites for hydroxylation is 1. The van der Waals surface area contributed by atoms with Crippen LogP contribution in [-0.4, -0.2) is 40.3 Å². The Kier molecular flexibility index (Phi) is 5.89. The van der Waals surface area contributed by atoms with Crippen LogP contribution in [0.3, 0.4) is 0 Å². The Bertz CT molecular complexity index is 487. The van der Waals surface area contributed by atoms with Gasteiger partial charge in [-0.1, -0.05) is 0 Å². The van der Waals surface area contributed by atoms with Crippen molar-refractivity contribution in [1.29, 1.82) is 0 Å². The van der Waals surface area contributed by atoms with Crippen LogP contribution >= 0.6 is 0 Å². The Morgan fingerprint density at radius 2 is 2.10 bits per heavy atom. The summed E-state index contributed by atoms with van der Waals surface area (Å²) < 4.78 is 0. The zero-order chi connectivity index (χ0) is 15.1. The number of nitrogens with zero attached hydrogens (tertiary/aromatic N) is 3. The average molecular weight is 280 g/mol. The van der Waals surface area contributed by atoms with Gasteiger partial charge in [0.05, 0.1) is 4.92 Å². The lowest BCUT2D eigenvalue weighted by Crippen LogP contribution is -2.31. The average Bonchev–Trinajstić information content (AvgIpc) is 2.39. The van der Waals surface area contributed by atoms with Gasteiger partial charge in [-0.25, -0.2) is 4.98 Å². The number of anilines is 1. The van der Waals surface area contributed by atoms with E-state index < -0.39 is 4.92 Å². The van der Waals surface area contributed by atoms with Gasteiger partial charge in [0, 0.05) is 37.8 Å². The lowest BCUT2D eigenvalue weighted by Gasteiger charge is -2.18. The van der Waals surface area contributed by atoms with E-state index in [4.69, 9.17) is 0 Å². The fraction of sp³-hybridized carbons (Fsp3) is 0.538. The van der Waals surface area contributed by atoms with Crippen LogP contribution in [0.1, 0.15) is 25.8 Å². The van der Waals surface area contributed by atoms with Crippen molar-refractivity contribution in [2.75, 3.05) is 25.0 Å². The minimum Gasteiger partial charge on any atom is -0.364 e. The molecule has 1 N–H and O–H groups in total. The number of hydrogen-bond donors (Lipinski definition) is 1. The smallest absolute Gasteiger partial charge is 0.314 e. The van der Waals surface area contributed by atoms with Gasteiger partial charge >= 0.3 is 5.69 Å². The third-order valence-corrected chi connectivity index (χ3v) is 3.06. The predicted octanol–water partition coefficient (Wildman–Crippen LogP) is 1.97. The highest BCUT2D eigenvalue weighted by Gasteiger charge is 2.18. The Balaban J connectivity index is 2.65. The summed E-state index contributed by atoms with van der Waals surface area (Å²) in [6.07, 6.45) is 1.80. The highest BCUT2D eigenvalue weighted by Crippen LogP contribution is 2.25. The topological polar surface area (TPSA) is 88.4 Å². The van der Waals surface area contributed by atoms with Crippen molar-refractivity contribution in [3.05, 3.63) is 27.9 Å². The fourth-order valence-corrected chi connectivity index (χ4v) is 1.93. The summed E-state index contributed by atoms with van der Waals surface area (Å²) in [6, 6.07) is 1.59. The number of aromatic nitrogens is 1. The second-order valence-electron chi connectivity index (χ2n) is 4.32. The minimum atomic E-state index is -0.461. The summed E-state index contributed by atoms with van der Waals surface area (Å²) in [5, 5.41) is 13.9. The van der Waals surface area contributed by atoms with Gasteiger partial charge in [0.15, 0.2) is 0 Å². The molecular formula is C13H20N4O3. The molecule has 1 rings (SSSR count). The normalized spacial score (nSPS) is 10.2. The van der Waals surface area contributed by atoms with Crippen LogP contribution in [0.2, 0.25) is 0 Å². The van der Waals surface area contributed by atoms with Crippen LogP contribution in [0.5, 0.6) is 0 Å². The summed E-state index contributed by atoms with van der Waals surface area (Å²) >= 11 is 0. The molecule has 0 spiro atoms. The monoisotopic (exact) mass is 280 g/mol. The summed E-state index contributed by atoms with van der Waals surface area (Å²) in [4.78, 5) is 28.0. The van der Waals surface area contributed by atoms with Gasteiger partial charge in [-0.2, -0.15) is 0 Å². The predicted molar refractivity (Wildman–Crippen MR) is 76.7 cm³/mol. The zero-order valence-corrected chi connectivity index (χ0v) is 12.0. The zero-order valence-electron chi connectivity index (χ0n) is 12.0. The van der Waals surface area contributed by atoms with Gasteiger partial charge < -0.3 is 10.2 Å². The fourth-order valence-electron chi connectivity index (χ4n) is 1.93. The molecule has 20 heavy (non-hydrogen) atoms. The van der Waals surface area contributed by atoms with Crippen molar-refractivity contribution in [2.24, 2.45) is 0 Å². The number of hydrogen-bond acceptors (Lipinski definition) is 5. The van der Waals surface area contributed by atoms with Gasteiger partial charge in [-0.05, 0) is 26.8 Å². The van der Waals surface area contributed by atoms with Crippen molar-refractivity contribution < 1.29 is 9.72 Å². The molecule has 0 fully saturated rings. The summed E-state index contributed by atoms with van der Waals surface area (Å²) in [5.41, 5.74) is 0.505. The summed E-state index contributed by atoms with van der Waals surface area (Å²) in [5.74, 6) is 0.236. The van der Waals surface area contributed by atoms with Crippen molar-refractivity contribution >= 4 is 17.4 Å². The van der Waals surface area contributed by atoms with Crippen molar-refractivity contribution in [1.82, 2.24) is 9.88 Å². The molecule has 0 aliphatic rings. The summed E-state index contributed by atoms with van der Waals surface area (Å²) in [7, 11) is 0. The number of nitro groups is 1. The van der Waals surface area contributed by atoms with Crippen LogP contribution in [0.4, 0.5) is 11.5 Å². The Hall–Kier alpha value is -2.18.